The Bertz CT molecular complexity index is 1650. The number of nitrogens with zero attached hydrogens (tertiary/aromatic N) is 2. The van der Waals surface area contributed by atoms with Crippen molar-refractivity contribution in [1.82, 2.24) is 0 Å². The minimum Gasteiger partial charge on any atom is -1.00 e. The minimum absolute atomic E-state index is 0. The van der Waals surface area contributed by atoms with Crippen molar-refractivity contribution in [2.24, 2.45) is 0 Å². The Morgan fingerprint density at radius 1 is 0.548 bits per heavy atom. The van der Waals surface area contributed by atoms with E-state index < -0.39 is 0 Å². The second-order valence-corrected chi connectivity index (χ2v) is 18.1. The van der Waals surface area contributed by atoms with Crippen molar-refractivity contribution >= 4 is 60.7 Å². The van der Waals surface area contributed by atoms with Gasteiger partial charge in [-0.2, -0.15) is 0 Å². The van der Waals surface area contributed by atoms with Crippen molar-refractivity contribution in [3.05, 3.63) is 97.1 Å². The Morgan fingerprint density at radius 2 is 0.881 bits per heavy atom. The van der Waals surface area contributed by atoms with E-state index in [2.05, 4.69) is 139 Å². The SMILES string of the molecule is C[Si](C)=[Ti+2].[Cl-].[Cl-].c1ccc2c(c1)ccc1cc(N3CCCC3)[cH-]c12.c1ccc2c(c1)ccc1cc(N3CCCC3)[cH-]c12. The molecule has 216 valence electrons. The molecule has 2 aliphatic heterocycles. The first kappa shape index (κ1) is 32.6. The van der Waals surface area contributed by atoms with Crippen LogP contribution in [0.2, 0.25) is 13.1 Å². The fourth-order valence-electron chi connectivity index (χ4n) is 6.21. The van der Waals surface area contributed by atoms with Crippen molar-refractivity contribution in [2.75, 3.05) is 36.0 Å². The molecule has 0 aliphatic carbocycles. The molecular weight excluding hydrogens is 607 g/mol. The van der Waals surface area contributed by atoms with Crippen LogP contribution in [0.3, 0.4) is 0 Å². The Morgan fingerprint density at radius 3 is 1.26 bits per heavy atom. The summed E-state index contributed by atoms with van der Waals surface area (Å²) in [6.07, 6.45) is 5.46. The molecule has 0 amide bonds. The van der Waals surface area contributed by atoms with Gasteiger partial charge in [0.1, 0.15) is 0 Å². The maximum atomic E-state index is 2.51. The van der Waals surface area contributed by atoms with Crippen LogP contribution in [-0.2, 0) is 19.2 Å². The first-order valence-electron chi connectivity index (χ1n) is 14.7. The van der Waals surface area contributed by atoms with Crippen LogP contribution in [0.25, 0.3) is 43.1 Å². The van der Waals surface area contributed by atoms with Crippen LogP contribution in [0.5, 0.6) is 0 Å². The van der Waals surface area contributed by atoms with Gasteiger partial charge < -0.3 is 34.6 Å². The predicted octanol–water partition coefficient (Wildman–Crippen LogP) is 3.42. The van der Waals surface area contributed by atoms with Gasteiger partial charge in [0.15, 0.2) is 0 Å². The monoisotopic (exact) mass is 644 g/mol. The molecule has 2 fully saturated rings. The number of hydrogen-bond acceptors (Lipinski definition) is 2. The van der Waals surface area contributed by atoms with E-state index in [1.54, 1.807) is 0 Å². The van der Waals surface area contributed by atoms with Crippen LogP contribution < -0.4 is 34.6 Å². The molecule has 42 heavy (non-hydrogen) atoms. The van der Waals surface area contributed by atoms with Crippen molar-refractivity contribution < 1.29 is 44.0 Å². The summed E-state index contributed by atoms with van der Waals surface area (Å²) in [4.78, 5) is 5.02. The van der Waals surface area contributed by atoms with Gasteiger partial charge in [-0.05, 0) is 25.7 Å². The summed E-state index contributed by atoms with van der Waals surface area (Å²) < 4.78 is 0. The molecule has 6 aromatic rings. The van der Waals surface area contributed by atoms with Crippen LogP contribution in [-0.4, -0.2) is 32.4 Å². The first-order valence-corrected chi connectivity index (χ1v) is 19.6. The maximum absolute atomic E-state index is 2.51. The minimum atomic E-state index is 0. The molecule has 6 aromatic carbocycles. The molecule has 2 nitrogen and oxygen atoms in total. The van der Waals surface area contributed by atoms with Gasteiger partial charge in [0, 0.05) is 26.2 Å². The Hall–Kier alpha value is -2.27. The summed E-state index contributed by atoms with van der Waals surface area (Å²) in [5.41, 5.74) is 2.80. The largest absolute Gasteiger partial charge is 1.00 e. The smallest absolute Gasteiger partial charge is 0.0162 e. The van der Waals surface area contributed by atoms with Gasteiger partial charge in [0.05, 0.1) is 0 Å². The van der Waals surface area contributed by atoms with Crippen molar-refractivity contribution in [1.29, 1.82) is 0 Å². The van der Waals surface area contributed by atoms with Crippen molar-refractivity contribution in [3.8, 4) is 0 Å². The molecular formula is C36H38Cl2N2SiTi-2. The third kappa shape index (κ3) is 7.26. The van der Waals surface area contributed by atoms with Gasteiger partial charge in [-0.25, -0.2) is 0 Å². The maximum Gasteiger partial charge on any atom is 0.0162 e. The van der Waals surface area contributed by atoms with Crippen LogP contribution in [0.1, 0.15) is 25.7 Å². The molecule has 8 rings (SSSR count). The average Bonchev–Trinajstić information content (AvgIpc) is 3.79. The normalized spacial score (nSPS) is 14.3. The van der Waals surface area contributed by atoms with Crippen molar-refractivity contribution in [2.45, 2.75) is 38.8 Å². The standard InChI is InChI=1S/2C17H16N.C2H6Si.2ClH.Ti/c2*1-2-6-16-13(5-1)7-8-14-11-15(12-17(14)16)18-9-3-4-10-18;1-3-2;;;/h2*1-2,5-8,11-12H,3-4,9-10H2;1-2H3;2*1H;/q2*-1;;;;+2/p-2. The number of benzene rings is 4. The van der Waals surface area contributed by atoms with Crippen LogP contribution in [0.15, 0.2) is 97.1 Å². The molecule has 0 saturated carbocycles. The summed E-state index contributed by atoms with van der Waals surface area (Å²) in [6, 6.07) is 35.7. The molecule has 0 atom stereocenters. The molecule has 0 unspecified atom stereocenters. The Labute approximate surface area is 274 Å². The zero-order valence-electron chi connectivity index (χ0n) is 24.5. The zero-order valence-corrected chi connectivity index (χ0v) is 28.6. The van der Waals surface area contributed by atoms with Crippen LogP contribution in [0.4, 0.5) is 11.4 Å². The molecule has 0 N–H and O–H groups in total. The molecule has 2 heterocycles. The molecule has 0 radical (unpaired) electrons. The third-order valence-corrected chi connectivity index (χ3v) is 8.14. The zero-order chi connectivity index (χ0) is 27.5. The van der Waals surface area contributed by atoms with Gasteiger partial charge in [-0.3, -0.25) is 0 Å². The third-order valence-electron chi connectivity index (χ3n) is 8.14. The summed E-state index contributed by atoms with van der Waals surface area (Å²) >= 11 is 2.27. The van der Waals surface area contributed by atoms with E-state index in [4.69, 9.17) is 0 Å². The number of rotatable bonds is 2. The van der Waals surface area contributed by atoms with Gasteiger partial charge in [0.25, 0.3) is 0 Å². The Balaban J connectivity index is 0.000000165. The van der Waals surface area contributed by atoms with E-state index in [9.17, 15) is 0 Å². The second-order valence-electron chi connectivity index (χ2n) is 11.4. The van der Waals surface area contributed by atoms with Crippen LogP contribution >= 0.6 is 0 Å². The summed E-state index contributed by atoms with van der Waals surface area (Å²) in [6.45, 7) is 9.40. The molecule has 0 aromatic heterocycles. The average molecular weight is 646 g/mol. The van der Waals surface area contributed by atoms with E-state index in [1.165, 1.54) is 106 Å². The second kappa shape index (κ2) is 14.9. The van der Waals surface area contributed by atoms with E-state index in [-0.39, 0.29) is 31.0 Å². The topological polar surface area (TPSA) is 6.48 Å². The van der Waals surface area contributed by atoms with Gasteiger partial charge in [-0.1, -0.05) is 93.6 Å². The van der Waals surface area contributed by atoms with E-state index in [0.717, 1.165) is 0 Å². The fourth-order valence-corrected chi connectivity index (χ4v) is 6.21. The summed E-state index contributed by atoms with van der Waals surface area (Å²) in [7, 11) is 0. The Kier molecular flexibility index (Phi) is 11.6. The quantitative estimate of drug-likeness (QED) is 0.211. The number of anilines is 2. The van der Waals surface area contributed by atoms with Gasteiger partial charge in [0.2, 0.25) is 0 Å². The van der Waals surface area contributed by atoms with E-state index >= 15 is 0 Å². The van der Waals surface area contributed by atoms with Gasteiger partial charge in [-0.15, -0.1) is 57.9 Å². The number of hydrogen-bond donors (Lipinski definition) is 0. The molecule has 2 saturated heterocycles. The molecule has 0 spiro atoms. The van der Waals surface area contributed by atoms with E-state index in [0.29, 0.717) is 0 Å². The molecule has 2 aliphatic rings. The molecule has 0 bridgehead atoms. The van der Waals surface area contributed by atoms with E-state index in [1.807, 2.05) is 0 Å². The summed E-state index contributed by atoms with van der Waals surface area (Å²) in [5, 5.41) is 11.0. The van der Waals surface area contributed by atoms with Gasteiger partial charge >= 0.3 is 38.5 Å². The molecule has 6 heteroatoms. The van der Waals surface area contributed by atoms with Crippen LogP contribution in [0, 0.1) is 0 Å². The summed E-state index contributed by atoms with van der Waals surface area (Å²) in [5.74, 6) is 0. The van der Waals surface area contributed by atoms with Crippen molar-refractivity contribution in [3.63, 3.8) is 0 Å². The first-order chi connectivity index (χ1) is 19.6. The predicted molar refractivity (Wildman–Crippen MR) is 174 cm³/mol. The number of fused-ring (bicyclic) bond motifs is 6. The fraction of sp³-hybridized carbons (Fsp3) is 0.278. The number of halogens is 2.